The van der Waals surface area contributed by atoms with Gasteiger partial charge in [-0.1, -0.05) is 36.4 Å². The first kappa shape index (κ1) is 23.2. The first-order chi connectivity index (χ1) is 14.8. The van der Waals surface area contributed by atoms with Gasteiger partial charge in [-0.15, -0.1) is 0 Å². The first-order valence-electron chi connectivity index (χ1n) is 8.75. The average molecular weight is 480 g/mol. The van der Waals surface area contributed by atoms with Crippen LogP contribution in [-0.4, -0.2) is 37.2 Å². The molecule has 32 heavy (non-hydrogen) atoms. The van der Waals surface area contributed by atoms with Crippen LogP contribution in [0.2, 0.25) is 0 Å². The zero-order chi connectivity index (χ0) is 23.8. The van der Waals surface area contributed by atoms with Crippen LogP contribution in [-0.2, 0) is 20.0 Å². The minimum atomic E-state index is -4.13. The van der Waals surface area contributed by atoms with Crippen molar-refractivity contribution in [3.05, 3.63) is 103 Å². The Kier molecular flexibility index (Phi) is 5.97. The lowest BCUT2D eigenvalue weighted by Gasteiger charge is -2.16. The van der Waals surface area contributed by atoms with Crippen molar-refractivity contribution in [2.24, 2.45) is 10.3 Å². The van der Waals surface area contributed by atoms with Gasteiger partial charge >= 0.3 is 0 Å². The van der Waals surface area contributed by atoms with Crippen molar-refractivity contribution in [1.29, 1.82) is 0 Å². The minimum Gasteiger partial charge on any atom is -0.258 e. The molecule has 0 amide bonds. The summed E-state index contributed by atoms with van der Waals surface area (Å²) >= 11 is 0. The number of hydrogen-bond acceptors (Lipinski definition) is 8. The molecule has 12 nitrogen and oxygen atoms in total. The summed E-state index contributed by atoms with van der Waals surface area (Å²) in [6.45, 7) is 0. The minimum absolute atomic E-state index is 0.0475. The van der Waals surface area contributed by atoms with Gasteiger partial charge in [0.15, 0.2) is 0 Å². The van der Waals surface area contributed by atoms with Crippen LogP contribution < -0.4 is 20.7 Å². The fourth-order valence-electron chi connectivity index (χ4n) is 3.31. The molecular weight excluding hydrogens is 464 g/mol. The predicted molar refractivity (Wildman–Crippen MR) is 115 cm³/mol. The Morgan fingerprint density at radius 3 is 1.25 bits per heavy atom. The summed E-state index contributed by atoms with van der Waals surface area (Å²) in [5.74, 6) is 0. The molecule has 14 heteroatoms. The summed E-state index contributed by atoms with van der Waals surface area (Å²) in [5, 5.41) is 30.6. The molecule has 0 spiro atoms. The van der Waals surface area contributed by atoms with Crippen LogP contribution in [0.3, 0.4) is 0 Å². The summed E-state index contributed by atoms with van der Waals surface area (Å²) in [6, 6.07) is 5.62. The predicted octanol–water partition coefficient (Wildman–Crippen LogP) is -1.24. The number of hydrogen-bond donors (Lipinski definition) is 2. The highest BCUT2D eigenvalue weighted by atomic mass is 32.2. The molecule has 2 aliphatic carbocycles. The van der Waals surface area contributed by atoms with Crippen LogP contribution in [0.5, 0.6) is 0 Å². The Hall–Kier alpha value is -3.46. The van der Waals surface area contributed by atoms with E-state index in [9.17, 15) is 37.1 Å². The van der Waals surface area contributed by atoms with E-state index in [1.54, 1.807) is 0 Å². The molecule has 2 unspecified atom stereocenters. The molecule has 0 bridgehead atoms. The zero-order valence-electron chi connectivity index (χ0n) is 16.1. The number of sulfonamides is 2. The molecule has 4 N–H and O–H groups in total. The van der Waals surface area contributed by atoms with Gasteiger partial charge in [-0.2, -0.15) is 0 Å². The number of nitro groups is 2. The molecule has 3 rings (SSSR count). The molecule has 2 atom stereocenters. The smallest absolute Gasteiger partial charge is 0.258 e. The zero-order valence-corrected chi connectivity index (χ0v) is 17.7. The summed E-state index contributed by atoms with van der Waals surface area (Å²) in [5.41, 5.74) is -0.593. The normalized spacial score (nSPS) is 21.2. The highest BCUT2D eigenvalue weighted by Gasteiger charge is 2.30. The summed E-state index contributed by atoms with van der Waals surface area (Å²) < 4.78 is 47.8. The Labute approximate surface area is 181 Å². The van der Waals surface area contributed by atoms with E-state index < -0.39 is 40.4 Å². The van der Waals surface area contributed by atoms with E-state index in [0.717, 1.165) is 36.5 Å². The molecule has 2 aliphatic rings. The summed E-state index contributed by atoms with van der Waals surface area (Å²) in [6.07, 6.45) is 6.44. The van der Waals surface area contributed by atoms with Crippen molar-refractivity contribution in [2.45, 2.75) is 10.5 Å². The lowest BCUT2D eigenvalue weighted by molar-refractivity contribution is -0.419. The van der Waals surface area contributed by atoms with Crippen molar-refractivity contribution in [3.63, 3.8) is 0 Å². The summed E-state index contributed by atoms with van der Waals surface area (Å²) in [4.78, 5) is 20.9. The fraction of sp³-hybridized carbons (Fsp3) is 0.111. The highest BCUT2D eigenvalue weighted by molar-refractivity contribution is 7.90. The Balaban J connectivity index is 2.28. The van der Waals surface area contributed by atoms with E-state index >= 15 is 0 Å². The number of primary sulfonamides is 2. The third kappa shape index (κ3) is 4.72. The van der Waals surface area contributed by atoms with Crippen LogP contribution in [0.25, 0.3) is 11.1 Å². The molecule has 1 aromatic rings. The number of benzene rings is 1. The second kappa shape index (κ2) is 8.23. The SMILES string of the molecule is NS(=O)(=O)C1C=CC([N+](=O)[O-])=CC1=c1ccc(=C2C=C([N+](=O)[O-])C=CC2S(N)(=O)=O)cc1. The number of allylic oxidation sites excluding steroid dienone is 4. The van der Waals surface area contributed by atoms with Crippen molar-refractivity contribution in [1.82, 2.24) is 0 Å². The molecule has 1 aromatic carbocycles. The van der Waals surface area contributed by atoms with Crippen LogP contribution in [0.4, 0.5) is 0 Å². The lowest BCUT2D eigenvalue weighted by Crippen LogP contribution is -2.33. The van der Waals surface area contributed by atoms with Crippen LogP contribution >= 0.6 is 0 Å². The van der Waals surface area contributed by atoms with E-state index in [4.69, 9.17) is 10.3 Å². The second-order valence-electron chi connectivity index (χ2n) is 6.88. The maximum absolute atomic E-state index is 12.0. The third-order valence-electron chi connectivity index (χ3n) is 4.78. The van der Waals surface area contributed by atoms with Gasteiger partial charge in [0.25, 0.3) is 11.4 Å². The van der Waals surface area contributed by atoms with E-state index in [1.165, 1.54) is 24.3 Å². The number of nitrogens with two attached hydrogens (primary N) is 2. The van der Waals surface area contributed by atoms with Crippen LogP contribution in [0.15, 0.2) is 72.1 Å². The van der Waals surface area contributed by atoms with Crippen molar-refractivity contribution < 1.29 is 26.7 Å². The van der Waals surface area contributed by atoms with Crippen molar-refractivity contribution >= 4 is 31.2 Å². The Morgan fingerprint density at radius 2 is 1.00 bits per heavy atom. The lowest BCUT2D eigenvalue weighted by atomic mass is 9.99. The van der Waals surface area contributed by atoms with E-state index in [-0.39, 0.29) is 33.0 Å². The molecule has 0 heterocycles. The molecule has 0 aromatic heterocycles. The van der Waals surface area contributed by atoms with E-state index in [1.807, 2.05) is 0 Å². The fourth-order valence-corrected chi connectivity index (χ4v) is 5.02. The summed E-state index contributed by atoms with van der Waals surface area (Å²) in [7, 11) is -8.27. The topological polar surface area (TPSA) is 207 Å². The maximum atomic E-state index is 12.0. The first-order valence-corrected chi connectivity index (χ1v) is 12.0. The molecule has 0 fully saturated rings. The van der Waals surface area contributed by atoms with Crippen LogP contribution in [0, 0.1) is 20.2 Å². The Morgan fingerprint density at radius 1 is 0.688 bits per heavy atom. The van der Waals surface area contributed by atoms with Gasteiger partial charge in [0.1, 0.15) is 10.5 Å². The highest BCUT2D eigenvalue weighted by Crippen LogP contribution is 2.23. The van der Waals surface area contributed by atoms with Gasteiger partial charge in [-0.05, 0) is 21.6 Å². The van der Waals surface area contributed by atoms with Crippen molar-refractivity contribution in [3.8, 4) is 0 Å². The Bertz CT molecular complexity index is 1350. The van der Waals surface area contributed by atoms with Gasteiger partial charge in [0, 0.05) is 24.3 Å². The van der Waals surface area contributed by atoms with E-state index in [2.05, 4.69) is 0 Å². The average Bonchev–Trinajstić information content (AvgIpc) is 2.71. The quantitative estimate of drug-likeness (QED) is 0.393. The number of rotatable bonds is 4. The van der Waals surface area contributed by atoms with E-state index in [0.29, 0.717) is 0 Å². The molecule has 168 valence electrons. The van der Waals surface area contributed by atoms with Crippen LogP contribution in [0.1, 0.15) is 0 Å². The monoisotopic (exact) mass is 480 g/mol. The largest absolute Gasteiger partial charge is 0.269 e. The molecule has 0 saturated carbocycles. The van der Waals surface area contributed by atoms with Crippen molar-refractivity contribution in [2.75, 3.05) is 0 Å². The van der Waals surface area contributed by atoms with Gasteiger partial charge in [0.05, 0.1) is 9.85 Å². The third-order valence-corrected chi connectivity index (χ3v) is 7.02. The standard InChI is InChI=1S/C18H16N4O8S2/c19-31(27,28)17-7-5-13(21(23)24)9-15(17)11-1-2-12(4-3-11)16-10-14(22(25)26)6-8-18(16)32(20,29)30/h1-10,17-18H,(H2,19,27,28)(H2,20,29,30). The second-order valence-corrected chi connectivity index (χ2v) is 10.2. The van der Waals surface area contributed by atoms with Gasteiger partial charge < -0.3 is 0 Å². The van der Waals surface area contributed by atoms with Gasteiger partial charge in [0.2, 0.25) is 20.0 Å². The molecule has 0 radical (unpaired) electrons. The van der Waals surface area contributed by atoms with Gasteiger partial charge in [-0.3, -0.25) is 20.2 Å². The van der Waals surface area contributed by atoms with Gasteiger partial charge in [-0.25, -0.2) is 27.1 Å². The molecule has 0 aliphatic heterocycles. The molecule has 0 saturated heterocycles. The number of nitrogens with zero attached hydrogens (tertiary/aromatic N) is 2. The molecular formula is C18H16N4O8S2. The maximum Gasteiger partial charge on any atom is 0.269 e.